The summed E-state index contributed by atoms with van der Waals surface area (Å²) < 4.78 is 25.1. The molecule has 0 fully saturated rings. The van der Waals surface area contributed by atoms with Gasteiger partial charge in [-0.15, -0.1) is 0 Å². The molecule has 0 unspecified atom stereocenters. The van der Waals surface area contributed by atoms with Crippen molar-refractivity contribution in [2.75, 3.05) is 20.3 Å². The standard InChI is InChI=1S/C18H16FN3O3/c1-24-10-8-22-17(11-5-2-3-6-12(11)19)14-15(13-7-4-9-25-13)20-21-16(14)18(22)23/h2-7,9,17H,8,10H2,1H3,(H,20,21)/t17-/m0/s1. The smallest absolute Gasteiger partial charge is 0.275 e. The predicted molar refractivity (Wildman–Crippen MR) is 87.4 cm³/mol. The second-order valence-electron chi connectivity index (χ2n) is 5.75. The van der Waals surface area contributed by atoms with E-state index < -0.39 is 6.04 Å². The van der Waals surface area contributed by atoms with E-state index in [0.717, 1.165) is 0 Å². The highest BCUT2D eigenvalue weighted by Crippen LogP contribution is 2.43. The molecule has 3 heterocycles. The van der Waals surface area contributed by atoms with Gasteiger partial charge in [0.1, 0.15) is 11.5 Å². The second kappa shape index (κ2) is 6.18. The largest absolute Gasteiger partial charge is 0.463 e. The van der Waals surface area contributed by atoms with Crippen LogP contribution < -0.4 is 0 Å². The van der Waals surface area contributed by atoms with Gasteiger partial charge in [0.05, 0.1) is 18.9 Å². The minimum atomic E-state index is -0.585. The van der Waals surface area contributed by atoms with E-state index in [1.807, 2.05) is 0 Å². The van der Waals surface area contributed by atoms with Crippen molar-refractivity contribution in [2.45, 2.75) is 6.04 Å². The fourth-order valence-electron chi connectivity index (χ4n) is 3.24. The number of furan rings is 1. The predicted octanol–water partition coefficient (Wildman–Crippen LogP) is 3.00. The summed E-state index contributed by atoms with van der Waals surface area (Å²) in [7, 11) is 1.56. The lowest BCUT2D eigenvalue weighted by atomic mass is 9.97. The summed E-state index contributed by atoms with van der Waals surface area (Å²) in [6, 6.07) is 9.38. The normalized spacial score (nSPS) is 16.5. The molecule has 7 heteroatoms. The van der Waals surface area contributed by atoms with Crippen LogP contribution in [0.2, 0.25) is 0 Å². The Bertz CT molecular complexity index is 904. The van der Waals surface area contributed by atoms with Crippen molar-refractivity contribution in [1.29, 1.82) is 0 Å². The van der Waals surface area contributed by atoms with Crippen LogP contribution in [0.25, 0.3) is 11.5 Å². The molecular formula is C18H16FN3O3. The molecule has 1 amide bonds. The van der Waals surface area contributed by atoms with Crippen LogP contribution in [-0.4, -0.2) is 41.3 Å². The molecule has 1 atom stereocenters. The van der Waals surface area contributed by atoms with Crippen molar-refractivity contribution in [3.8, 4) is 11.5 Å². The fraction of sp³-hybridized carbons (Fsp3) is 0.222. The van der Waals surface area contributed by atoms with Crippen molar-refractivity contribution in [1.82, 2.24) is 15.1 Å². The zero-order valence-corrected chi connectivity index (χ0v) is 13.5. The average molecular weight is 341 g/mol. The number of benzene rings is 1. The Morgan fingerprint density at radius 2 is 2.16 bits per heavy atom. The van der Waals surface area contributed by atoms with Gasteiger partial charge in [-0.1, -0.05) is 18.2 Å². The van der Waals surface area contributed by atoms with Gasteiger partial charge in [-0.2, -0.15) is 5.10 Å². The van der Waals surface area contributed by atoms with Gasteiger partial charge in [-0.25, -0.2) is 4.39 Å². The number of aromatic nitrogens is 2. The van der Waals surface area contributed by atoms with E-state index in [4.69, 9.17) is 9.15 Å². The van der Waals surface area contributed by atoms with Gasteiger partial charge in [0.15, 0.2) is 11.5 Å². The molecule has 0 radical (unpaired) electrons. The number of nitrogens with one attached hydrogen (secondary N) is 1. The van der Waals surface area contributed by atoms with Gasteiger partial charge >= 0.3 is 0 Å². The van der Waals surface area contributed by atoms with E-state index in [1.54, 1.807) is 48.6 Å². The fourth-order valence-corrected chi connectivity index (χ4v) is 3.24. The van der Waals surface area contributed by atoms with E-state index in [-0.39, 0.29) is 17.4 Å². The lowest BCUT2D eigenvalue weighted by molar-refractivity contribution is 0.0675. The Kier molecular flexibility index (Phi) is 3.85. The summed E-state index contributed by atoms with van der Waals surface area (Å²) in [4.78, 5) is 14.4. The molecule has 0 aliphatic carbocycles. The monoisotopic (exact) mass is 341 g/mol. The number of carbonyl (C=O) groups excluding carboxylic acids is 1. The van der Waals surface area contributed by atoms with Crippen molar-refractivity contribution >= 4 is 5.91 Å². The molecule has 1 N–H and O–H groups in total. The van der Waals surface area contributed by atoms with Gasteiger partial charge in [-0.05, 0) is 18.2 Å². The summed E-state index contributed by atoms with van der Waals surface area (Å²) in [5.74, 6) is -0.0759. The molecule has 0 saturated carbocycles. The Morgan fingerprint density at radius 1 is 1.32 bits per heavy atom. The van der Waals surface area contributed by atoms with Crippen LogP contribution >= 0.6 is 0 Å². The first-order chi connectivity index (χ1) is 12.2. The molecule has 4 rings (SSSR count). The lowest BCUT2D eigenvalue weighted by Gasteiger charge is -2.26. The topological polar surface area (TPSA) is 71.4 Å². The number of carbonyl (C=O) groups is 1. The quantitative estimate of drug-likeness (QED) is 0.774. The number of nitrogens with zero attached hydrogens (tertiary/aromatic N) is 2. The summed E-state index contributed by atoms with van der Waals surface area (Å²) in [6.45, 7) is 0.684. The van der Waals surface area contributed by atoms with Crippen LogP contribution in [0.15, 0.2) is 47.1 Å². The van der Waals surface area contributed by atoms with Crippen LogP contribution in [0, 0.1) is 5.82 Å². The van der Waals surface area contributed by atoms with E-state index in [2.05, 4.69) is 10.2 Å². The van der Waals surface area contributed by atoms with Crippen LogP contribution in [0.4, 0.5) is 4.39 Å². The first-order valence-corrected chi connectivity index (χ1v) is 7.89. The number of ether oxygens (including phenoxy) is 1. The summed E-state index contributed by atoms with van der Waals surface area (Å²) >= 11 is 0. The minimum Gasteiger partial charge on any atom is -0.463 e. The van der Waals surface area contributed by atoms with Crippen LogP contribution in [-0.2, 0) is 4.74 Å². The first kappa shape index (κ1) is 15.6. The SMILES string of the molecule is COCCN1C(=O)c2n[nH]c(-c3ccco3)c2[C@@H]1c1ccccc1F. The second-order valence-corrected chi connectivity index (χ2v) is 5.75. The van der Waals surface area contributed by atoms with Crippen LogP contribution in [0.1, 0.15) is 27.7 Å². The highest BCUT2D eigenvalue weighted by molar-refractivity contribution is 5.99. The van der Waals surface area contributed by atoms with Gasteiger partial charge in [0.2, 0.25) is 0 Å². The zero-order chi connectivity index (χ0) is 17.4. The number of methoxy groups -OCH3 is 1. The molecule has 1 aliphatic heterocycles. The van der Waals surface area contributed by atoms with Gasteiger partial charge in [0.25, 0.3) is 5.91 Å². The molecule has 6 nitrogen and oxygen atoms in total. The van der Waals surface area contributed by atoms with Crippen molar-refractivity contribution in [3.63, 3.8) is 0 Å². The maximum Gasteiger partial charge on any atom is 0.275 e. The zero-order valence-electron chi connectivity index (χ0n) is 13.5. The van der Waals surface area contributed by atoms with Crippen molar-refractivity contribution in [2.24, 2.45) is 0 Å². The number of hydrogen-bond donors (Lipinski definition) is 1. The maximum absolute atomic E-state index is 14.5. The Hall–Kier alpha value is -2.93. The summed E-state index contributed by atoms with van der Waals surface area (Å²) in [6.07, 6.45) is 1.54. The average Bonchev–Trinajstić information content (AvgIpc) is 3.32. The first-order valence-electron chi connectivity index (χ1n) is 7.89. The Balaban J connectivity index is 1.88. The molecule has 2 aromatic heterocycles. The summed E-state index contributed by atoms with van der Waals surface area (Å²) in [5, 5.41) is 7.02. The molecule has 1 aliphatic rings. The number of aromatic amines is 1. The van der Waals surface area contributed by atoms with E-state index in [1.165, 1.54) is 6.07 Å². The number of H-pyrrole nitrogens is 1. The summed E-state index contributed by atoms with van der Waals surface area (Å²) in [5.41, 5.74) is 1.92. The third-order valence-corrected chi connectivity index (χ3v) is 4.36. The maximum atomic E-state index is 14.5. The number of rotatable bonds is 5. The van der Waals surface area contributed by atoms with Gasteiger partial charge in [-0.3, -0.25) is 9.89 Å². The molecular weight excluding hydrogens is 325 g/mol. The molecule has 0 saturated heterocycles. The number of fused-ring (bicyclic) bond motifs is 1. The highest BCUT2D eigenvalue weighted by Gasteiger charge is 2.43. The number of halogens is 1. The Morgan fingerprint density at radius 3 is 2.88 bits per heavy atom. The van der Waals surface area contributed by atoms with Crippen LogP contribution in [0.5, 0.6) is 0 Å². The molecule has 0 bridgehead atoms. The Labute approximate surface area is 143 Å². The molecule has 1 aromatic carbocycles. The molecule has 128 valence electrons. The molecule has 0 spiro atoms. The van der Waals surface area contributed by atoms with Gasteiger partial charge in [0, 0.05) is 24.8 Å². The van der Waals surface area contributed by atoms with Crippen LogP contribution in [0.3, 0.4) is 0 Å². The lowest BCUT2D eigenvalue weighted by Crippen LogP contribution is -2.33. The third-order valence-electron chi connectivity index (χ3n) is 4.36. The number of hydrogen-bond acceptors (Lipinski definition) is 4. The van der Waals surface area contributed by atoms with Crippen molar-refractivity contribution < 1.29 is 18.3 Å². The van der Waals surface area contributed by atoms with E-state index >= 15 is 0 Å². The van der Waals surface area contributed by atoms with E-state index in [0.29, 0.717) is 35.7 Å². The number of amides is 1. The van der Waals surface area contributed by atoms with Gasteiger partial charge < -0.3 is 14.1 Å². The minimum absolute atomic E-state index is 0.255. The highest BCUT2D eigenvalue weighted by atomic mass is 19.1. The van der Waals surface area contributed by atoms with E-state index in [9.17, 15) is 9.18 Å². The van der Waals surface area contributed by atoms with Crippen molar-refractivity contribution in [3.05, 3.63) is 65.3 Å². The molecule has 3 aromatic rings. The molecule has 25 heavy (non-hydrogen) atoms. The third kappa shape index (κ3) is 2.44.